The predicted molar refractivity (Wildman–Crippen MR) is 86.9 cm³/mol. The van der Waals surface area contributed by atoms with Gasteiger partial charge in [0.1, 0.15) is 11.4 Å². The molecule has 1 unspecified atom stereocenters. The zero-order chi connectivity index (χ0) is 17.2. The van der Waals surface area contributed by atoms with Crippen molar-refractivity contribution in [3.8, 4) is 0 Å². The van der Waals surface area contributed by atoms with Gasteiger partial charge in [-0.15, -0.1) is 0 Å². The third kappa shape index (κ3) is 4.82. The third-order valence-corrected chi connectivity index (χ3v) is 4.13. The lowest BCUT2D eigenvalue weighted by Gasteiger charge is -2.36. The van der Waals surface area contributed by atoms with E-state index in [0.717, 1.165) is 12.8 Å². The molecule has 23 heavy (non-hydrogen) atoms. The molecule has 0 spiro atoms. The molecule has 1 aliphatic heterocycles. The molecule has 0 radical (unpaired) electrons. The highest BCUT2D eigenvalue weighted by Crippen LogP contribution is 2.32. The first kappa shape index (κ1) is 18.0. The van der Waals surface area contributed by atoms with Crippen LogP contribution >= 0.6 is 11.6 Å². The number of hydrogen-bond donors (Lipinski definition) is 1. The van der Waals surface area contributed by atoms with E-state index in [4.69, 9.17) is 16.3 Å². The molecule has 1 aliphatic rings. The Hall–Kier alpha value is -1.33. The molecule has 0 bridgehead atoms. The van der Waals surface area contributed by atoms with Crippen LogP contribution < -0.4 is 0 Å². The number of amides is 1. The summed E-state index contributed by atoms with van der Waals surface area (Å²) in [5.41, 5.74) is 0.0140. The third-order valence-electron chi connectivity index (χ3n) is 3.84. The number of carbonyl (C=O) groups is 1. The van der Waals surface area contributed by atoms with Gasteiger partial charge in [0.05, 0.1) is 11.1 Å². The van der Waals surface area contributed by atoms with Gasteiger partial charge in [-0.2, -0.15) is 0 Å². The summed E-state index contributed by atoms with van der Waals surface area (Å²) in [5, 5.41) is 10.5. The van der Waals surface area contributed by atoms with Gasteiger partial charge >= 0.3 is 6.09 Å². The maximum absolute atomic E-state index is 13.2. The van der Waals surface area contributed by atoms with Gasteiger partial charge in [0.2, 0.25) is 0 Å². The van der Waals surface area contributed by atoms with Crippen LogP contribution in [0.2, 0.25) is 5.02 Å². The normalized spacial score (nSPS) is 20.3. The lowest BCUT2D eigenvalue weighted by Crippen LogP contribution is -2.44. The SMILES string of the molecule is CC(C)(C)OC(=O)N1CCCC([C@@H](O)c2ccc(F)c(Cl)c2)C1. The van der Waals surface area contributed by atoms with Crippen molar-refractivity contribution in [3.63, 3.8) is 0 Å². The highest BCUT2D eigenvalue weighted by Gasteiger charge is 2.31. The monoisotopic (exact) mass is 343 g/mol. The molecule has 1 fully saturated rings. The molecule has 128 valence electrons. The molecule has 1 heterocycles. The fourth-order valence-corrected chi connectivity index (χ4v) is 2.92. The number of benzene rings is 1. The van der Waals surface area contributed by atoms with E-state index in [-0.39, 0.29) is 17.0 Å². The van der Waals surface area contributed by atoms with E-state index in [0.29, 0.717) is 18.7 Å². The second-order valence-corrected chi connectivity index (χ2v) is 7.35. The van der Waals surface area contributed by atoms with Crippen molar-refractivity contribution in [3.05, 3.63) is 34.6 Å². The van der Waals surface area contributed by atoms with Gasteiger partial charge in [0, 0.05) is 19.0 Å². The molecule has 0 aliphatic carbocycles. The van der Waals surface area contributed by atoms with Crippen LogP contribution in [0.3, 0.4) is 0 Å². The minimum atomic E-state index is -0.793. The highest BCUT2D eigenvalue weighted by molar-refractivity contribution is 6.30. The fraction of sp³-hybridized carbons (Fsp3) is 0.588. The van der Waals surface area contributed by atoms with Gasteiger partial charge in [-0.05, 0) is 51.3 Å². The molecule has 0 saturated carbocycles. The number of aliphatic hydroxyl groups is 1. The fourth-order valence-electron chi connectivity index (χ4n) is 2.73. The zero-order valence-electron chi connectivity index (χ0n) is 13.7. The summed E-state index contributed by atoms with van der Waals surface area (Å²) in [6.07, 6.45) is 0.413. The molecular formula is C17H23ClFNO3. The van der Waals surface area contributed by atoms with Gasteiger partial charge in [0.15, 0.2) is 0 Å². The first-order valence-corrected chi connectivity index (χ1v) is 8.16. The van der Waals surface area contributed by atoms with E-state index in [2.05, 4.69) is 0 Å². The molecule has 2 rings (SSSR count). The Morgan fingerprint density at radius 1 is 1.48 bits per heavy atom. The van der Waals surface area contributed by atoms with Crippen LogP contribution in [-0.2, 0) is 4.74 Å². The molecule has 1 aromatic rings. The average Bonchev–Trinajstić information content (AvgIpc) is 2.48. The average molecular weight is 344 g/mol. The maximum Gasteiger partial charge on any atom is 0.410 e. The minimum absolute atomic E-state index is 0.0126. The van der Waals surface area contributed by atoms with Crippen LogP contribution in [0.25, 0.3) is 0 Å². The van der Waals surface area contributed by atoms with Crippen LogP contribution in [-0.4, -0.2) is 34.8 Å². The molecule has 4 nitrogen and oxygen atoms in total. The Morgan fingerprint density at radius 3 is 2.78 bits per heavy atom. The lowest BCUT2D eigenvalue weighted by atomic mass is 9.88. The highest BCUT2D eigenvalue weighted by atomic mass is 35.5. The molecule has 6 heteroatoms. The molecule has 2 atom stereocenters. The van der Waals surface area contributed by atoms with E-state index < -0.39 is 17.5 Å². The van der Waals surface area contributed by atoms with Crippen molar-refractivity contribution < 1.29 is 19.0 Å². The predicted octanol–water partition coefficient (Wildman–Crippen LogP) is 4.16. The van der Waals surface area contributed by atoms with Crippen LogP contribution in [0.5, 0.6) is 0 Å². The molecule has 1 aromatic carbocycles. The van der Waals surface area contributed by atoms with Crippen LogP contribution in [0.4, 0.5) is 9.18 Å². The Labute approximate surface area is 141 Å². The quantitative estimate of drug-likeness (QED) is 0.877. The number of halogens is 2. The Bertz CT molecular complexity index is 573. The van der Waals surface area contributed by atoms with Crippen LogP contribution in [0.1, 0.15) is 45.3 Å². The minimum Gasteiger partial charge on any atom is -0.444 e. The van der Waals surface area contributed by atoms with Gasteiger partial charge in [-0.25, -0.2) is 9.18 Å². The molecule has 1 N–H and O–H groups in total. The number of rotatable bonds is 2. The molecular weight excluding hydrogens is 321 g/mol. The lowest BCUT2D eigenvalue weighted by molar-refractivity contribution is 0.00238. The smallest absolute Gasteiger partial charge is 0.410 e. The van der Waals surface area contributed by atoms with Crippen molar-refractivity contribution in [1.29, 1.82) is 0 Å². The number of piperidine rings is 1. The van der Waals surface area contributed by atoms with E-state index in [1.54, 1.807) is 4.90 Å². The summed E-state index contributed by atoms with van der Waals surface area (Å²) >= 11 is 5.78. The van der Waals surface area contributed by atoms with Crippen LogP contribution in [0, 0.1) is 11.7 Å². The standard InChI is InChI=1S/C17H23ClFNO3/c1-17(2,3)23-16(22)20-8-4-5-12(10-20)15(21)11-6-7-14(19)13(18)9-11/h6-7,9,12,15,21H,4-5,8,10H2,1-3H3/t12?,15-/m0/s1. The number of hydrogen-bond acceptors (Lipinski definition) is 3. The Morgan fingerprint density at radius 2 is 2.17 bits per heavy atom. The van der Waals surface area contributed by atoms with Gasteiger partial charge in [-0.3, -0.25) is 0 Å². The summed E-state index contributed by atoms with van der Waals surface area (Å²) in [4.78, 5) is 13.8. The maximum atomic E-state index is 13.2. The van der Waals surface area contributed by atoms with Crippen molar-refractivity contribution >= 4 is 17.7 Å². The summed E-state index contributed by atoms with van der Waals surface area (Å²) in [6.45, 7) is 6.48. The topological polar surface area (TPSA) is 49.8 Å². The summed E-state index contributed by atoms with van der Waals surface area (Å²) in [7, 11) is 0. The van der Waals surface area contributed by atoms with Gasteiger partial charge < -0.3 is 14.7 Å². The molecule has 1 amide bonds. The second kappa shape index (κ2) is 7.05. The Balaban J connectivity index is 2.05. The van der Waals surface area contributed by atoms with E-state index in [1.807, 2.05) is 20.8 Å². The zero-order valence-corrected chi connectivity index (χ0v) is 14.4. The Kier molecular flexibility index (Phi) is 5.53. The first-order valence-electron chi connectivity index (χ1n) is 7.78. The number of likely N-dealkylation sites (tertiary alicyclic amines) is 1. The number of aliphatic hydroxyl groups excluding tert-OH is 1. The second-order valence-electron chi connectivity index (χ2n) is 6.95. The summed E-state index contributed by atoms with van der Waals surface area (Å²) in [6, 6.07) is 4.21. The van der Waals surface area contributed by atoms with Crippen molar-refractivity contribution in [2.45, 2.75) is 45.3 Å². The molecule has 0 aromatic heterocycles. The van der Waals surface area contributed by atoms with E-state index in [1.165, 1.54) is 18.2 Å². The van der Waals surface area contributed by atoms with Crippen molar-refractivity contribution in [2.75, 3.05) is 13.1 Å². The summed E-state index contributed by atoms with van der Waals surface area (Å²) in [5.74, 6) is -0.639. The largest absolute Gasteiger partial charge is 0.444 e. The van der Waals surface area contributed by atoms with Gasteiger partial charge in [-0.1, -0.05) is 17.7 Å². The van der Waals surface area contributed by atoms with Gasteiger partial charge in [0.25, 0.3) is 0 Å². The number of ether oxygens (including phenoxy) is 1. The van der Waals surface area contributed by atoms with Crippen molar-refractivity contribution in [1.82, 2.24) is 4.90 Å². The first-order chi connectivity index (χ1) is 10.7. The van der Waals surface area contributed by atoms with E-state index in [9.17, 15) is 14.3 Å². The summed E-state index contributed by atoms with van der Waals surface area (Å²) < 4.78 is 18.6. The van der Waals surface area contributed by atoms with Crippen molar-refractivity contribution in [2.24, 2.45) is 5.92 Å². The number of carbonyl (C=O) groups excluding carboxylic acids is 1. The van der Waals surface area contributed by atoms with Crippen LogP contribution in [0.15, 0.2) is 18.2 Å². The molecule has 1 saturated heterocycles. The number of nitrogens with zero attached hydrogens (tertiary/aromatic N) is 1. The van der Waals surface area contributed by atoms with E-state index >= 15 is 0 Å².